The van der Waals surface area contributed by atoms with Gasteiger partial charge < -0.3 is 15.1 Å². The van der Waals surface area contributed by atoms with Gasteiger partial charge in [0.05, 0.1) is 0 Å². The highest BCUT2D eigenvalue weighted by Gasteiger charge is 2.23. The molecule has 2 aromatic rings. The average Bonchev–Trinajstić information content (AvgIpc) is 2.60. The molecule has 0 aliphatic carbocycles. The van der Waals surface area contributed by atoms with Crippen molar-refractivity contribution in [2.45, 2.75) is 26.3 Å². The number of nitrogens with zero attached hydrogens (tertiary/aromatic N) is 3. The first-order valence-corrected chi connectivity index (χ1v) is 9.24. The number of anilines is 2. The van der Waals surface area contributed by atoms with Crippen molar-refractivity contribution in [3.05, 3.63) is 53.3 Å². The number of hydrogen-bond acceptors (Lipinski definition) is 4. The summed E-state index contributed by atoms with van der Waals surface area (Å²) in [6, 6.07) is 11.5. The molecular weight excluding hydrogens is 348 g/mol. The number of benzene rings is 1. The van der Waals surface area contributed by atoms with Gasteiger partial charge in [-0.25, -0.2) is 0 Å². The number of amides is 1. The summed E-state index contributed by atoms with van der Waals surface area (Å²) in [5, 5.41) is 4.11. The molecule has 1 fully saturated rings. The number of rotatable bonds is 3. The second kappa shape index (κ2) is 7.54. The van der Waals surface area contributed by atoms with Gasteiger partial charge in [0.25, 0.3) is 5.91 Å². The Morgan fingerprint density at radius 3 is 2.50 bits per heavy atom. The molecule has 26 heavy (non-hydrogen) atoms. The number of nitrogens with one attached hydrogen (secondary N) is 1. The van der Waals surface area contributed by atoms with Gasteiger partial charge in [0, 0.05) is 54.3 Å². The molecule has 3 rings (SSSR count). The van der Waals surface area contributed by atoms with E-state index in [-0.39, 0.29) is 11.4 Å². The number of carbonyl (C=O) groups is 1. The molecular formula is C20H25ClN4O. The first kappa shape index (κ1) is 18.5. The summed E-state index contributed by atoms with van der Waals surface area (Å²) in [7, 11) is 0. The van der Waals surface area contributed by atoms with Crippen molar-refractivity contribution in [2.24, 2.45) is 0 Å². The van der Waals surface area contributed by atoms with Crippen molar-refractivity contribution in [2.75, 3.05) is 36.4 Å². The molecule has 1 N–H and O–H groups in total. The fourth-order valence-electron chi connectivity index (χ4n) is 3.06. The summed E-state index contributed by atoms with van der Waals surface area (Å²) < 4.78 is 0. The van der Waals surface area contributed by atoms with E-state index < -0.39 is 0 Å². The minimum atomic E-state index is -0.0652. The molecule has 1 amide bonds. The van der Waals surface area contributed by atoms with Crippen molar-refractivity contribution >= 4 is 28.9 Å². The van der Waals surface area contributed by atoms with Gasteiger partial charge in [-0.15, -0.1) is 0 Å². The van der Waals surface area contributed by atoms with E-state index in [2.05, 4.69) is 36.0 Å². The van der Waals surface area contributed by atoms with Gasteiger partial charge in [-0.05, 0) is 51.1 Å². The molecule has 1 aromatic carbocycles. The van der Waals surface area contributed by atoms with Crippen molar-refractivity contribution in [3.8, 4) is 0 Å². The monoisotopic (exact) mass is 372 g/mol. The van der Waals surface area contributed by atoms with Crippen LogP contribution in [-0.4, -0.2) is 47.5 Å². The van der Waals surface area contributed by atoms with E-state index in [9.17, 15) is 4.79 Å². The van der Waals surface area contributed by atoms with Crippen LogP contribution < -0.4 is 10.2 Å². The summed E-state index contributed by atoms with van der Waals surface area (Å²) in [5.74, 6) is -0.0201. The number of piperazine rings is 1. The molecule has 2 heterocycles. The van der Waals surface area contributed by atoms with Gasteiger partial charge >= 0.3 is 0 Å². The van der Waals surface area contributed by atoms with Crippen LogP contribution in [0.1, 0.15) is 31.3 Å². The lowest BCUT2D eigenvalue weighted by molar-refractivity contribution is 0.0741. The number of aromatic nitrogens is 1. The molecule has 1 aliphatic heterocycles. The lowest BCUT2D eigenvalue weighted by atomic mass is 10.1. The highest BCUT2D eigenvalue weighted by molar-refractivity contribution is 6.30. The molecule has 1 aliphatic rings. The third-order valence-electron chi connectivity index (χ3n) is 4.24. The van der Waals surface area contributed by atoms with Crippen LogP contribution in [0.2, 0.25) is 5.02 Å². The quantitative estimate of drug-likeness (QED) is 0.887. The maximum atomic E-state index is 12.8. The summed E-state index contributed by atoms with van der Waals surface area (Å²) in [4.78, 5) is 21.2. The molecule has 0 radical (unpaired) electrons. The second-order valence-electron chi connectivity index (χ2n) is 7.56. The zero-order chi connectivity index (χ0) is 18.7. The molecule has 0 saturated carbocycles. The standard InChI is InChI=1S/C20H25ClN4O/c1-20(2,3)23-16-7-8-22-18(14-16)19(26)25-11-9-24(10-12-25)17-6-4-5-15(21)13-17/h4-8,13-14H,9-12H2,1-3H3,(H,22,23). The summed E-state index contributed by atoms with van der Waals surface area (Å²) in [5.41, 5.74) is 2.42. The normalized spacial score (nSPS) is 15.1. The molecule has 0 bridgehead atoms. The highest BCUT2D eigenvalue weighted by atomic mass is 35.5. The first-order chi connectivity index (χ1) is 12.3. The number of pyridine rings is 1. The molecule has 0 unspecified atom stereocenters. The maximum Gasteiger partial charge on any atom is 0.272 e. The third kappa shape index (κ3) is 4.67. The van der Waals surface area contributed by atoms with Gasteiger partial charge in [0.1, 0.15) is 5.69 Å². The smallest absolute Gasteiger partial charge is 0.272 e. The van der Waals surface area contributed by atoms with Crippen LogP contribution >= 0.6 is 11.6 Å². The molecule has 5 nitrogen and oxygen atoms in total. The number of hydrogen-bond donors (Lipinski definition) is 1. The van der Waals surface area contributed by atoms with Gasteiger partial charge in [0.2, 0.25) is 0 Å². The van der Waals surface area contributed by atoms with E-state index in [4.69, 9.17) is 11.6 Å². The van der Waals surface area contributed by atoms with Crippen molar-refractivity contribution in [3.63, 3.8) is 0 Å². The fraction of sp³-hybridized carbons (Fsp3) is 0.400. The summed E-state index contributed by atoms with van der Waals surface area (Å²) >= 11 is 6.08. The summed E-state index contributed by atoms with van der Waals surface area (Å²) in [6.45, 7) is 9.17. The Labute approximate surface area is 160 Å². The lowest BCUT2D eigenvalue weighted by Gasteiger charge is -2.36. The Bertz CT molecular complexity index is 779. The van der Waals surface area contributed by atoms with E-state index in [0.717, 1.165) is 29.5 Å². The Kier molecular flexibility index (Phi) is 5.37. The maximum absolute atomic E-state index is 12.8. The zero-order valence-corrected chi connectivity index (χ0v) is 16.3. The molecule has 0 atom stereocenters. The minimum absolute atomic E-state index is 0.0201. The Balaban J connectivity index is 1.64. The predicted octanol–water partition coefficient (Wildman–Crippen LogP) is 3.91. The second-order valence-corrected chi connectivity index (χ2v) is 8.00. The third-order valence-corrected chi connectivity index (χ3v) is 4.47. The first-order valence-electron chi connectivity index (χ1n) is 8.86. The molecule has 138 valence electrons. The topological polar surface area (TPSA) is 48.5 Å². The Morgan fingerprint density at radius 2 is 1.85 bits per heavy atom. The largest absolute Gasteiger partial charge is 0.380 e. The van der Waals surface area contributed by atoms with E-state index in [1.807, 2.05) is 41.3 Å². The zero-order valence-electron chi connectivity index (χ0n) is 15.5. The molecule has 1 saturated heterocycles. The van der Waals surface area contributed by atoms with Crippen molar-refractivity contribution in [1.82, 2.24) is 9.88 Å². The number of halogens is 1. The van der Waals surface area contributed by atoms with Crippen LogP contribution in [0.5, 0.6) is 0 Å². The van der Waals surface area contributed by atoms with Gasteiger partial charge in [-0.2, -0.15) is 0 Å². The molecule has 6 heteroatoms. The minimum Gasteiger partial charge on any atom is -0.380 e. The summed E-state index contributed by atoms with van der Waals surface area (Å²) in [6.07, 6.45) is 1.68. The van der Waals surface area contributed by atoms with Crippen LogP contribution in [0.15, 0.2) is 42.6 Å². The van der Waals surface area contributed by atoms with Crippen molar-refractivity contribution in [1.29, 1.82) is 0 Å². The van der Waals surface area contributed by atoms with Crippen LogP contribution in [0.25, 0.3) is 0 Å². The van der Waals surface area contributed by atoms with Gasteiger partial charge in [-0.3, -0.25) is 9.78 Å². The van der Waals surface area contributed by atoms with Gasteiger partial charge in [-0.1, -0.05) is 17.7 Å². The van der Waals surface area contributed by atoms with Gasteiger partial charge in [0.15, 0.2) is 0 Å². The lowest BCUT2D eigenvalue weighted by Crippen LogP contribution is -2.49. The molecule has 0 spiro atoms. The van der Waals surface area contributed by atoms with E-state index in [0.29, 0.717) is 18.8 Å². The van der Waals surface area contributed by atoms with Crippen LogP contribution in [0, 0.1) is 0 Å². The van der Waals surface area contributed by atoms with Crippen LogP contribution in [0.3, 0.4) is 0 Å². The number of carbonyl (C=O) groups excluding carboxylic acids is 1. The fourth-order valence-corrected chi connectivity index (χ4v) is 3.25. The van der Waals surface area contributed by atoms with Crippen molar-refractivity contribution < 1.29 is 4.79 Å². The van der Waals surface area contributed by atoms with E-state index >= 15 is 0 Å². The Morgan fingerprint density at radius 1 is 1.12 bits per heavy atom. The van der Waals surface area contributed by atoms with E-state index in [1.165, 1.54) is 0 Å². The highest BCUT2D eigenvalue weighted by Crippen LogP contribution is 2.21. The SMILES string of the molecule is CC(C)(C)Nc1ccnc(C(=O)N2CCN(c3cccc(Cl)c3)CC2)c1. The predicted molar refractivity (Wildman–Crippen MR) is 107 cm³/mol. The Hall–Kier alpha value is -2.27. The van der Waals surface area contributed by atoms with Crippen LogP contribution in [0.4, 0.5) is 11.4 Å². The molecule has 1 aromatic heterocycles. The van der Waals surface area contributed by atoms with E-state index in [1.54, 1.807) is 6.20 Å². The van der Waals surface area contributed by atoms with Crippen LogP contribution in [-0.2, 0) is 0 Å². The average molecular weight is 373 g/mol.